The van der Waals surface area contributed by atoms with E-state index in [1.165, 1.54) is 11.0 Å². The van der Waals surface area contributed by atoms with Gasteiger partial charge in [-0.15, -0.1) is 11.6 Å². The van der Waals surface area contributed by atoms with Gasteiger partial charge in [-0.1, -0.05) is 4.98 Å². The summed E-state index contributed by atoms with van der Waals surface area (Å²) in [6.07, 6.45) is 0.399. The number of aromatic nitrogens is 3. The Morgan fingerprint density at radius 2 is 2.54 bits per heavy atom. The molecule has 0 aliphatic rings. The molecule has 0 aliphatic heterocycles. The molecule has 1 N–H and O–H groups in total. The third-order valence-corrected chi connectivity index (χ3v) is 1.62. The molecule has 8 heteroatoms. The molecule has 1 heterocycles. The second-order valence-electron chi connectivity index (χ2n) is 2.33. The molecular formula is C5H7ClN4O3. The van der Waals surface area contributed by atoms with E-state index in [0.717, 1.165) is 0 Å². The average Bonchev–Trinajstić information content (AvgIpc) is 2.52. The fraction of sp³-hybridized carbons (Fsp3) is 0.600. The Balaban J connectivity index is 2.64. The summed E-state index contributed by atoms with van der Waals surface area (Å²) in [6.45, 7) is 0.102. The summed E-state index contributed by atoms with van der Waals surface area (Å²) in [5, 5.41) is 22.7. The predicted octanol–water partition coefficient (Wildman–Crippen LogP) is -0.214. The maximum Gasteiger partial charge on any atom is 0.490 e. The topological polar surface area (TPSA) is 94.1 Å². The summed E-state index contributed by atoms with van der Waals surface area (Å²) >= 11 is 5.33. The summed E-state index contributed by atoms with van der Waals surface area (Å²) in [6, 6.07) is 0. The van der Waals surface area contributed by atoms with Gasteiger partial charge in [0.2, 0.25) is 6.33 Å². The minimum absolute atomic E-state index is 0.0493. The van der Waals surface area contributed by atoms with Crippen LogP contribution in [0.25, 0.3) is 0 Å². The van der Waals surface area contributed by atoms with E-state index in [2.05, 4.69) is 10.1 Å². The zero-order chi connectivity index (χ0) is 9.84. The molecule has 0 aromatic carbocycles. The Morgan fingerprint density at radius 3 is 3.00 bits per heavy atom. The molecule has 0 aliphatic carbocycles. The number of rotatable bonds is 4. The quantitative estimate of drug-likeness (QED) is 0.418. The van der Waals surface area contributed by atoms with Crippen molar-refractivity contribution in [2.24, 2.45) is 0 Å². The van der Waals surface area contributed by atoms with E-state index in [1.54, 1.807) is 0 Å². The fourth-order valence-corrected chi connectivity index (χ4v) is 0.819. The second kappa shape index (κ2) is 4.15. The van der Waals surface area contributed by atoms with Crippen LogP contribution in [0.1, 0.15) is 0 Å². The van der Waals surface area contributed by atoms with Gasteiger partial charge in [0.1, 0.15) is 0 Å². The van der Waals surface area contributed by atoms with Crippen molar-refractivity contribution >= 4 is 17.5 Å². The fourth-order valence-electron chi connectivity index (χ4n) is 0.721. The summed E-state index contributed by atoms with van der Waals surface area (Å²) < 4.78 is 1.17. The highest BCUT2D eigenvalue weighted by molar-refractivity contribution is 6.18. The van der Waals surface area contributed by atoms with Crippen LogP contribution in [-0.4, -0.2) is 36.8 Å². The summed E-state index contributed by atoms with van der Waals surface area (Å²) in [5.74, 6) is -0.435. The van der Waals surface area contributed by atoms with Crippen molar-refractivity contribution in [2.75, 3.05) is 5.88 Å². The predicted molar refractivity (Wildman–Crippen MR) is 43.4 cm³/mol. The van der Waals surface area contributed by atoms with Crippen molar-refractivity contribution in [2.45, 2.75) is 12.6 Å². The Kier molecular flexibility index (Phi) is 3.15. The lowest BCUT2D eigenvalue weighted by Crippen LogP contribution is -2.17. The second-order valence-corrected chi connectivity index (χ2v) is 2.64. The maximum absolute atomic E-state index is 10.1. The maximum atomic E-state index is 10.1. The summed E-state index contributed by atoms with van der Waals surface area (Å²) in [4.78, 5) is 12.8. The molecule has 1 rings (SSSR count). The highest BCUT2D eigenvalue weighted by Gasteiger charge is 2.14. The van der Waals surface area contributed by atoms with E-state index in [1.807, 2.05) is 0 Å². The highest BCUT2D eigenvalue weighted by Crippen LogP contribution is 2.01. The first-order valence-electron chi connectivity index (χ1n) is 3.41. The minimum atomic E-state index is -0.775. The monoisotopic (exact) mass is 206 g/mol. The van der Waals surface area contributed by atoms with E-state index >= 15 is 0 Å². The van der Waals surface area contributed by atoms with Gasteiger partial charge in [0.25, 0.3) is 0 Å². The number of nitro groups is 1. The Hall–Kier alpha value is -1.21. The zero-order valence-corrected chi connectivity index (χ0v) is 7.26. The average molecular weight is 207 g/mol. The van der Waals surface area contributed by atoms with Crippen LogP contribution < -0.4 is 0 Å². The van der Waals surface area contributed by atoms with E-state index in [4.69, 9.17) is 16.7 Å². The van der Waals surface area contributed by atoms with Gasteiger partial charge in [-0.05, 0) is 4.92 Å². The molecule has 0 spiro atoms. The van der Waals surface area contributed by atoms with Crippen LogP contribution in [0.15, 0.2) is 6.33 Å². The highest BCUT2D eigenvalue weighted by atomic mass is 35.5. The third kappa shape index (κ3) is 2.63. The van der Waals surface area contributed by atoms with E-state index in [0.29, 0.717) is 0 Å². The molecule has 0 radical (unpaired) electrons. The van der Waals surface area contributed by atoms with E-state index in [9.17, 15) is 10.1 Å². The molecule has 7 nitrogen and oxygen atoms in total. The van der Waals surface area contributed by atoms with Crippen LogP contribution in [0.3, 0.4) is 0 Å². The number of aliphatic hydroxyl groups excluding tert-OH is 1. The first-order valence-corrected chi connectivity index (χ1v) is 3.95. The molecule has 0 saturated carbocycles. The number of alkyl halides is 1. The molecule has 0 amide bonds. The first-order chi connectivity index (χ1) is 6.13. The molecule has 72 valence electrons. The Morgan fingerprint density at radius 1 is 1.85 bits per heavy atom. The molecule has 0 bridgehead atoms. The van der Waals surface area contributed by atoms with Gasteiger partial charge in [-0.25, -0.2) is 0 Å². The van der Waals surface area contributed by atoms with Crippen molar-refractivity contribution in [3.05, 3.63) is 16.4 Å². The van der Waals surface area contributed by atoms with Gasteiger partial charge in [-0.2, -0.15) is 4.68 Å². The number of nitrogens with zero attached hydrogens (tertiary/aromatic N) is 4. The lowest BCUT2D eigenvalue weighted by molar-refractivity contribution is -0.394. The lowest BCUT2D eigenvalue weighted by atomic mass is 10.4. The SMILES string of the molecule is O=[N+]([O-])c1ncn(C[C@@H](O)CCl)n1. The van der Waals surface area contributed by atoms with Crippen molar-refractivity contribution < 1.29 is 10.0 Å². The van der Waals surface area contributed by atoms with Gasteiger partial charge >= 0.3 is 5.95 Å². The molecule has 0 unspecified atom stereocenters. The van der Waals surface area contributed by atoms with Crippen molar-refractivity contribution in [3.8, 4) is 0 Å². The van der Waals surface area contributed by atoms with Gasteiger partial charge in [0.05, 0.1) is 18.5 Å². The number of halogens is 1. The Labute approximate surface area is 78.1 Å². The van der Waals surface area contributed by atoms with Crippen LogP contribution in [0, 0.1) is 10.1 Å². The number of hydrogen-bond acceptors (Lipinski definition) is 5. The molecular weight excluding hydrogens is 200 g/mol. The first kappa shape index (κ1) is 9.87. The summed E-state index contributed by atoms with van der Waals surface area (Å²) in [5.41, 5.74) is 0. The molecule has 13 heavy (non-hydrogen) atoms. The Bertz CT molecular complexity index is 302. The molecule has 0 fully saturated rings. The van der Waals surface area contributed by atoms with Crippen molar-refractivity contribution in [3.63, 3.8) is 0 Å². The molecule has 0 saturated heterocycles. The van der Waals surface area contributed by atoms with Gasteiger partial charge < -0.3 is 15.2 Å². The molecule has 1 atom stereocenters. The van der Waals surface area contributed by atoms with Gasteiger partial charge in [0, 0.05) is 5.10 Å². The van der Waals surface area contributed by atoms with Gasteiger partial charge in [0.15, 0.2) is 0 Å². The normalized spacial score (nSPS) is 12.8. The number of hydrogen-bond donors (Lipinski definition) is 1. The minimum Gasteiger partial charge on any atom is -0.390 e. The van der Waals surface area contributed by atoms with Crippen molar-refractivity contribution in [1.29, 1.82) is 0 Å². The molecule has 1 aromatic heterocycles. The van der Waals surface area contributed by atoms with Crippen LogP contribution >= 0.6 is 11.6 Å². The van der Waals surface area contributed by atoms with Gasteiger partial charge in [-0.3, -0.25) is 0 Å². The van der Waals surface area contributed by atoms with E-state index in [-0.39, 0.29) is 12.4 Å². The van der Waals surface area contributed by atoms with Crippen LogP contribution in [0.5, 0.6) is 0 Å². The standard InChI is InChI=1S/C5H7ClN4O3/c6-1-4(11)2-9-3-7-5(8-9)10(12)13/h3-4,11H,1-2H2/t4-/m0/s1. The summed E-state index contributed by atoms with van der Waals surface area (Å²) in [7, 11) is 0. The smallest absolute Gasteiger partial charge is 0.390 e. The lowest BCUT2D eigenvalue weighted by Gasteiger charge is -2.01. The van der Waals surface area contributed by atoms with Crippen LogP contribution in [0.4, 0.5) is 5.95 Å². The molecule has 1 aromatic rings. The zero-order valence-electron chi connectivity index (χ0n) is 6.50. The largest absolute Gasteiger partial charge is 0.490 e. The van der Waals surface area contributed by atoms with E-state index < -0.39 is 17.0 Å². The van der Waals surface area contributed by atoms with Crippen molar-refractivity contribution in [1.82, 2.24) is 14.8 Å². The van der Waals surface area contributed by atoms with Crippen LogP contribution in [-0.2, 0) is 6.54 Å². The third-order valence-electron chi connectivity index (χ3n) is 1.26. The number of aliphatic hydroxyl groups is 1. The van der Waals surface area contributed by atoms with Crippen LogP contribution in [0.2, 0.25) is 0 Å².